The van der Waals surface area contributed by atoms with Crippen molar-refractivity contribution in [1.29, 1.82) is 0 Å². The molecule has 1 saturated carbocycles. The van der Waals surface area contributed by atoms with E-state index in [1.165, 1.54) is 16.4 Å². The van der Waals surface area contributed by atoms with E-state index >= 15 is 0 Å². The second kappa shape index (κ2) is 5.83. The Bertz CT molecular complexity index is 637. The normalized spacial score (nSPS) is 26.8. The first-order valence-corrected chi connectivity index (χ1v) is 8.99. The Morgan fingerprint density at radius 2 is 2.19 bits per heavy atom. The number of fused-ring (bicyclic) bond motifs is 1. The van der Waals surface area contributed by atoms with E-state index in [-0.39, 0.29) is 29.5 Å². The van der Waals surface area contributed by atoms with Gasteiger partial charge in [-0.1, -0.05) is 6.07 Å². The number of halogens is 2. The number of sulfonamides is 1. The molecule has 3 rings (SSSR count). The summed E-state index contributed by atoms with van der Waals surface area (Å²) >= 11 is 5.64. The summed E-state index contributed by atoms with van der Waals surface area (Å²) in [7, 11) is -3.84. The van der Waals surface area contributed by atoms with E-state index in [0.29, 0.717) is 12.2 Å². The first-order valence-electron chi connectivity index (χ1n) is 7.02. The molecule has 0 radical (unpaired) electrons. The molecule has 4 nitrogen and oxygen atoms in total. The van der Waals surface area contributed by atoms with E-state index in [1.807, 2.05) is 0 Å². The van der Waals surface area contributed by atoms with Crippen molar-refractivity contribution in [2.24, 2.45) is 0 Å². The van der Waals surface area contributed by atoms with Gasteiger partial charge in [0.15, 0.2) is 0 Å². The number of alkyl halides is 1. The van der Waals surface area contributed by atoms with Crippen LogP contribution < -0.4 is 0 Å². The average Bonchev–Trinajstić information content (AvgIpc) is 2.94. The van der Waals surface area contributed by atoms with Crippen LogP contribution in [0.25, 0.3) is 0 Å². The monoisotopic (exact) mass is 333 g/mol. The Morgan fingerprint density at radius 1 is 1.38 bits per heavy atom. The maximum atomic E-state index is 14.1. The van der Waals surface area contributed by atoms with Crippen molar-refractivity contribution in [1.82, 2.24) is 4.31 Å². The lowest BCUT2D eigenvalue weighted by Gasteiger charge is -2.36. The fourth-order valence-electron chi connectivity index (χ4n) is 3.15. The lowest BCUT2D eigenvalue weighted by atomic mass is 10.2. The smallest absolute Gasteiger partial charge is 0.246 e. The number of benzene rings is 1. The highest BCUT2D eigenvalue weighted by molar-refractivity contribution is 7.89. The van der Waals surface area contributed by atoms with Crippen LogP contribution in [0.5, 0.6) is 0 Å². The van der Waals surface area contributed by atoms with Gasteiger partial charge in [-0.25, -0.2) is 12.8 Å². The van der Waals surface area contributed by atoms with Gasteiger partial charge in [0.05, 0.1) is 18.8 Å². The summed E-state index contributed by atoms with van der Waals surface area (Å²) in [5, 5.41) is 0. The Labute approximate surface area is 128 Å². The molecule has 2 unspecified atom stereocenters. The first kappa shape index (κ1) is 15.2. The van der Waals surface area contributed by atoms with Crippen molar-refractivity contribution in [3.8, 4) is 0 Å². The lowest BCUT2D eigenvalue weighted by molar-refractivity contribution is -0.0242. The van der Waals surface area contributed by atoms with E-state index in [1.54, 1.807) is 6.07 Å². The molecule has 1 aromatic carbocycles. The number of ether oxygens (including phenoxy) is 1. The largest absolute Gasteiger partial charge is 0.375 e. The third-order valence-corrected chi connectivity index (χ3v) is 6.43. The summed E-state index contributed by atoms with van der Waals surface area (Å²) in [6.07, 6.45) is 2.52. The van der Waals surface area contributed by atoms with Crippen LogP contribution in [0.3, 0.4) is 0 Å². The van der Waals surface area contributed by atoms with Gasteiger partial charge in [-0.15, -0.1) is 11.6 Å². The molecule has 1 aliphatic carbocycles. The van der Waals surface area contributed by atoms with E-state index < -0.39 is 15.8 Å². The van der Waals surface area contributed by atoms with Crippen LogP contribution in [0.15, 0.2) is 23.1 Å². The van der Waals surface area contributed by atoms with Gasteiger partial charge in [0.1, 0.15) is 10.7 Å². The zero-order valence-electron chi connectivity index (χ0n) is 11.5. The molecule has 1 aromatic rings. The third-order valence-electron chi connectivity index (χ3n) is 4.17. The highest BCUT2D eigenvalue weighted by Crippen LogP contribution is 2.34. The van der Waals surface area contributed by atoms with Crippen LogP contribution >= 0.6 is 11.6 Å². The summed E-state index contributed by atoms with van der Waals surface area (Å²) in [4.78, 5) is -0.274. The zero-order chi connectivity index (χ0) is 15.0. The number of hydrogen-bond donors (Lipinski definition) is 0. The van der Waals surface area contributed by atoms with Gasteiger partial charge < -0.3 is 4.74 Å². The second-order valence-electron chi connectivity index (χ2n) is 5.42. The lowest BCUT2D eigenvalue weighted by Crippen LogP contribution is -2.51. The standard InChI is InChI=1S/C14H17ClFNO3S/c15-9-10-4-5-14(11(16)8-10)21(18,19)17-6-7-20-13-3-1-2-12(13)17/h4-5,8,12-13H,1-3,6-7,9H2. The van der Waals surface area contributed by atoms with Crippen LogP contribution in [0.2, 0.25) is 0 Å². The number of rotatable bonds is 3. The van der Waals surface area contributed by atoms with Crippen molar-refractivity contribution in [2.45, 2.75) is 42.2 Å². The van der Waals surface area contributed by atoms with Gasteiger partial charge in [-0.2, -0.15) is 4.31 Å². The molecule has 0 bridgehead atoms. The minimum Gasteiger partial charge on any atom is -0.375 e. The summed E-state index contributed by atoms with van der Waals surface area (Å²) in [6, 6.07) is 3.87. The van der Waals surface area contributed by atoms with Gasteiger partial charge in [0.25, 0.3) is 0 Å². The average molecular weight is 334 g/mol. The third kappa shape index (κ3) is 2.70. The summed E-state index contributed by atoms with van der Waals surface area (Å²) in [6.45, 7) is 0.641. The van der Waals surface area contributed by atoms with Gasteiger partial charge >= 0.3 is 0 Å². The molecule has 0 amide bonds. The maximum Gasteiger partial charge on any atom is 0.246 e. The maximum absolute atomic E-state index is 14.1. The van der Waals surface area contributed by atoms with Crippen molar-refractivity contribution in [2.75, 3.05) is 13.2 Å². The van der Waals surface area contributed by atoms with Crippen LogP contribution in [0, 0.1) is 5.82 Å². The van der Waals surface area contributed by atoms with Gasteiger partial charge in [-0.05, 0) is 37.0 Å². The minimum absolute atomic E-state index is 0.0568. The van der Waals surface area contributed by atoms with Crippen LogP contribution in [-0.2, 0) is 20.6 Å². The van der Waals surface area contributed by atoms with Crippen LogP contribution in [-0.4, -0.2) is 38.0 Å². The molecule has 2 atom stereocenters. The zero-order valence-corrected chi connectivity index (χ0v) is 13.0. The van der Waals surface area contributed by atoms with Gasteiger partial charge in [0, 0.05) is 12.4 Å². The van der Waals surface area contributed by atoms with Crippen molar-refractivity contribution in [3.63, 3.8) is 0 Å². The quantitative estimate of drug-likeness (QED) is 0.798. The Morgan fingerprint density at radius 3 is 2.90 bits per heavy atom. The topological polar surface area (TPSA) is 46.6 Å². The fraction of sp³-hybridized carbons (Fsp3) is 0.571. The Hall–Kier alpha value is -0.690. The van der Waals surface area contributed by atoms with Crippen molar-refractivity contribution >= 4 is 21.6 Å². The van der Waals surface area contributed by atoms with E-state index in [9.17, 15) is 12.8 Å². The van der Waals surface area contributed by atoms with Crippen molar-refractivity contribution < 1.29 is 17.5 Å². The molecule has 116 valence electrons. The molecular weight excluding hydrogens is 317 g/mol. The van der Waals surface area contributed by atoms with E-state index in [4.69, 9.17) is 16.3 Å². The van der Waals surface area contributed by atoms with E-state index in [2.05, 4.69) is 0 Å². The summed E-state index contributed by atoms with van der Waals surface area (Å²) in [5.41, 5.74) is 0.564. The number of morpholine rings is 1. The highest BCUT2D eigenvalue weighted by atomic mass is 35.5. The summed E-state index contributed by atoms with van der Waals surface area (Å²) < 4.78 is 46.7. The molecule has 7 heteroatoms. The predicted octanol–water partition coefficient (Wildman–Crippen LogP) is 2.51. The Balaban J connectivity index is 1.96. The van der Waals surface area contributed by atoms with Gasteiger partial charge in [-0.3, -0.25) is 0 Å². The fourth-order valence-corrected chi connectivity index (χ4v) is 5.03. The Kier molecular flexibility index (Phi) is 4.23. The van der Waals surface area contributed by atoms with Gasteiger partial charge in [0.2, 0.25) is 10.0 Å². The number of hydrogen-bond acceptors (Lipinski definition) is 3. The minimum atomic E-state index is -3.84. The SMILES string of the molecule is O=S(=O)(c1ccc(CCl)cc1F)N1CCOC2CCCC21. The second-order valence-corrected chi connectivity index (χ2v) is 7.55. The van der Waals surface area contributed by atoms with Crippen LogP contribution in [0.1, 0.15) is 24.8 Å². The molecule has 0 aromatic heterocycles. The number of nitrogens with zero attached hydrogens (tertiary/aromatic N) is 1. The molecule has 1 saturated heterocycles. The molecule has 1 heterocycles. The first-order chi connectivity index (χ1) is 10.0. The summed E-state index contributed by atoms with van der Waals surface area (Å²) in [5.74, 6) is -0.589. The molecule has 0 spiro atoms. The molecule has 2 aliphatic rings. The van der Waals surface area contributed by atoms with Crippen LogP contribution in [0.4, 0.5) is 4.39 Å². The highest BCUT2D eigenvalue weighted by Gasteiger charge is 2.42. The van der Waals surface area contributed by atoms with E-state index in [0.717, 1.165) is 19.3 Å². The van der Waals surface area contributed by atoms with Crippen molar-refractivity contribution in [3.05, 3.63) is 29.6 Å². The molecule has 21 heavy (non-hydrogen) atoms. The predicted molar refractivity (Wildman–Crippen MR) is 77.2 cm³/mol. The molecular formula is C14H17ClFNO3S. The molecule has 2 fully saturated rings. The molecule has 1 aliphatic heterocycles. The molecule has 0 N–H and O–H groups in total.